The summed E-state index contributed by atoms with van der Waals surface area (Å²) in [5.74, 6) is 0.878. The second-order valence-electron chi connectivity index (χ2n) is 6.00. The zero-order valence-corrected chi connectivity index (χ0v) is 15.0. The fraction of sp³-hybridized carbons (Fsp3) is 0.353. The van der Waals surface area contributed by atoms with Crippen LogP contribution in [0.3, 0.4) is 0 Å². The molecule has 7 nitrogen and oxygen atoms in total. The number of rotatable bonds is 3. The van der Waals surface area contributed by atoms with Crippen LogP contribution in [0.1, 0.15) is 10.5 Å². The van der Waals surface area contributed by atoms with Crippen LogP contribution in [0.2, 0.25) is 0 Å². The number of piperazine rings is 1. The molecule has 3 aromatic rings. The average molecular weight is 357 g/mol. The zero-order chi connectivity index (χ0) is 17.4. The van der Waals surface area contributed by atoms with Gasteiger partial charge in [0.1, 0.15) is 11.4 Å². The third-order valence-corrected chi connectivity index (χ3v) is 5.54. The van der Waals surface area contributed by atoms with Gasteiger partial charge in [0, 0.05) is 33.2 Å². The van der Waals surface area contributed by atoms with E-state index in [9.17, 15) is 4.79 Å². The van der Waals surface area contributed by atoms with Crippen molar-refractivity contribution in [1.82, 2.24) is 19.4 Å². The number of hydrogen-bond donors (Lipinski definition) is 0. The molecule has 0 radical (unpaired) electrons. The molecule has 4 rings (SSSR count). The Morgan fingerprint density at radius 3 is 2.72 bits per heavy atom. The molecule has 1 aromatic carbocycles. The average Bonchev–Trinajstić information content (AvgIpc) is 3.26. The van der Waals surface area contributed by atoms with Crippen molar-refractivity contribution in [3.8, 4) is 5.75 Å². The summed E-state index contributed by atoms with van der Waals surface area (Å²) in [6.07, 6.45) is 3.27. The third-order valence-electron chi connectivity index (χ3n) is 4.46. The molecule has 3 heterocycles. The monoisotopic (exact) mass is 357 g/mol. The number of fused-ring (bicyclic) bond motifs is 1. The number of aryl methyl sites for hydroxylation is 1. The van der Waals surface area contributed by atoms with E-state index in [4.69, 9.17) is 9.72 Å². The molecule has 1 fully saturated rings. The lowest BCUT2D eigenvalue weighted by Gasteiger charge is -2.34. The highest BCUT2D eigenvalue weighted by atomic mass is 32.1. The lowest BCUT2D eigenvalue weighted by Crippen LogP contribution is -2.49. The molecule has 8 heteroatoms. The number of thiazole rings is 1. The van der Waals surface area contributed by atoms with Crippen molar-refractivity contribution in [3.63, 3.8) is 0 Å². The summed E-state index contributed by atoms with van der Waals surface area (Å²) in [6, 6.07) is 5.92. The van der Waals surface area contributed by atoms with Crippen LogP contribution in [0.25, 0.3) is 10.2 Å². The predicted octanol–water partition coefficient (Wildman–Crippen LogP) is 2.00. The van der Waals surface area contributed by atoms with Gasteiger partial charge in [0.2, 0.25) is 0 Å². The quantitative estimate of drug-likeness (QED) is 0.717. The number of benzene rings is 1. The van der Waals surface area contributed by atoms with Gasteiger partial charge in [-0.05, 0) is 18.2 Å². The molecule has 1 saturated heterocycles. The largest absolute Gasteiger partial charge is 0.497 e. The van der Waals surface area contributed by atoms with Gasteiger partial charge >= 0.3 is 0 Å². The molecule has 1 amide bonds. The van der Waals surface area contributed by atoms with Crippen LogP contribution in [-0.2, 0) is 7.05 Å². The van der Waals surface area contributed by atoms with Crippen molar-refractivity contribution in [2.24, 2.45) is 7.05 Å². The Morgan fingerprint density at radius 1 is 1.24 bits per heavy atom. The van der Waals surface area contributed by atoms with Crippen molar-refractivity contribution in [2.45, 2.75) is 0 Å². The summed E-state index contributed by atoms with van der Waals surface area (Å²) < 4.78 is 8.15. The Labute approximate surface area is 149 Å². The fourth-order valence-corrected chi connectivity index (χ4v) is 4.03. The lowest BCUT2D eigenvalue weighted by atomic mass is 10.3. The van der Waals surface area contributed by atoms with Crippen LogP contribution in [0.5, 0.6) is 5.75 Å². The summed E-state index contributed by atoms with van der Waals surface area (Å²) in [6.45, 7) is 2.92. The number of nitrogens with zero attached hydrogens (tertiary/aromatic N) is 5. The van der Waals surface area contributed by atoms with Crippen molar-refractivity contribution in [1.29, 1.82) is 0 Å². The summed E-state index contributed by atoms with van der Waals surface area (Å²) in [5, 5.41) is 0.996. The number of anilines is 1. The van der Waals surface area contributed by atoms with Crippen molar-refractivity contribution >= 4 is 32.6 Å². The summed E-state index contributed by atoms with van der Waals surface area (Å²) in [5.41, 5.74) is 1.61. The summed E-state index contributed by atoms with van der Waals surface area (Å²) in [7, 11) is 3.51. The van der Waals surface area contributed by atoms with Crippen molar-refractivity contribution in [2.75, 3.05) is 38.2 Å². The number of amides is 1. The van der Waals surface area contributed by atoms with Crippen molar-refractivity contribution in [3.05, 3.63) is 36.4 Å². The SMILES string of the molecule is COc1ccc2nc(N3CCN(C(=O)c4cncn4C)CC3)sc2c1. The highest BCUT2D eigenvalue weighted by Crippen LogP contribution is 2.31. The Kier molecular flexibility index (Phi) is 4.04. The Hall–Kier alpha value is -2.61. The second-order valence-corrected chi connectivity index (χ2v) is 7.01. The molecule has 0 N–H and O–H groups in total. The number of carbonyl (C=O) groups is 1. The highest BCUT2D eigenvalue weighted by Gasteiger charge is 2.25. The van der Waals surface area contributed by atoms with Gasteiger partial charge in [-0.3, -0.25) is 4.79 Å². The topological polar surface area (TPSA) is 63.5 Å². The van der Waals surface area contributed by atoms with E-state index in [1.807, 2.05) is 30.1 Å². The minimum atomic E-state index is 0.0358. The van der Waals surface area contributed by atoms with Gasteiger partial charge in [0.25, 0.3) is 5.91 Å². The first-order chi connectivity index (χ1) is 12.2. The number of aromatic nitrogens is 3. The van der Waals surface area contributed by atoms with E-state index in [1.165, 1.54) is 0 Å². The Balaban J connectivity index is 1.46. The molecule has 25 heavy (non-hydrogen) atoms. The molecule has 0 atom stereocenters. The van der Waals surface area contributed by atoms with E-state index in [2.05, 4.69) is 9.88 Å². The second kappa shape index (κ2) is 6.36. The minimum absolute atomic E-state index is 0.0358. The maximum Gasteiger partial charge on any atom is 0.272 e. The molecule has 130 valence electrons. The Morgan fingerprint density at radius 2 is 2.04 bits per heavy atom. The first kappa shape index (κ1) is 15.9. The normalized spacial score (nSPS) is 15.0. The van der Waals surface area contributed by atoms with Gasteiger partial charge in [-0.1, -0.05) is 11.3 Å². The number of hydrogen-bond acceptors (Lipinski definition) is 6. The lowest BCUT2D eigenvalue weighted by molar-refractivity contribution is 0.0737. The number of methoxy groups -OCH3 is 1. The molecule has 1 aliphatic heterocycles. The Bertz CT molecular complexity index is 911. The van der Waals surface area contributed by atoms with E-state index in [0.29, 0.717) is 18.8 Å². The molecule has 2 aromatic heterocycles. The van der Waals surface area contributed by atoms with Gasteiger partial charge in [-0.25, -0.2) is 9.97 Å². The molecule has 0 spiro atoms. The van der Waals surface area contributed by atoms with Crippen LogP contribution in [0.4, 0.5) is 5.13 Å². The van der Waals surface area contributed by atoms with E-state index < -0.39 is 0 Å². The van der Waals surface area contributed by atoms with Crippen LogP contribution in [0.15, 0.2) is 30.7 Å². The molecular formula is C17H19N5O2S. The molecule has 0 bridgehead atoms. The summed E-state index contributed by atoms with van der Waals surface area (Å²) in [4.78, 5) is 25.4. The van der Waals surface area contributed by atoms with E-state index in [0.717, 1.165) is 34.2 Å². The molecule has 0 saturated carbocycles. The smallest absolute Gasteiger partial charge is 0.272 e. The molecule has 0 aliphatic carbocycles. The van der Waals surface area contributed by atoms with Gasteiger partial charge in [0.05, 0.1) is 29.9 Å². The van der Waals surface area contributed by atoms with Gasteiger partial charge < -0.3 is 19.1 Å². The van der Waals surface area contributed by atoms with E-state index in [1.54, 1.807) is 35.5 Å². The molecule has 0 unspecified atom stereocenters. The maximum absolute atomic E-state index is 12.6. The molecule has 1 aliphatic rings. The summed E-state index contributed by atoms with van der Waals surface area (Å²) >= 11 is 1.66. The van der Waals surface area contributed by atoms with Gasteiger partial charge in [-0.15, -0.1) is 0 Å². The van der Waals surface area contributed by atoms with Crippen LogP contribution >= 0.6 is 11.3 Å². The van der Waals surface area contributed by atoms with Gasteiger partial charge in [-0.2, -0.15) is 0 Å². The number of carbonyl (C=O) groups excluding carboxylic acids is 1. The van der Waals surface area contributed by atoms with E-state index >= 15 is 0 Å². The first-order valence-corrected chi connectivity index (χ1v) is 8.92. The zero-order valence-electron chi connectivity index (χ0n) is 14.2. The maximum atomic E-state index is 12.6. The van der Waals surface area contributed by atoms with E-state index in [-0.39, 0.29) is 5.91 Å². The molecular weight excluding hydrogens is 338 g/mol. The number of ether oxygens (including phenoxy) is 1. The van der Waals surface area contributed by atoms with Gasteiger partial charge in [0.15, 0.2) is 5.13 Å². The van der Waals surface area contributed by atoms with Crippen LogP contribution in [0, 0.1) is 0 Å². The van der Waals surface area contributed by atoms with Crippen LogP contribution < -0.4 is 9.64 Å². The van der Waals surface area contributed by atoms with Crippen LogP contribution in [-0.4, -0.2) is 58.6 Å². The number of imidazole rings is 1. The third kappa shape index (κ3) is 2.93. The first-order valence-electron chi connectivity index (χ1n) is 8.11. The fourth-order valence-electron chi connectivity index (χ4n) is 2.98. The highest BCUT2D eigenvalue weighted by molar-refractivity contribution is 7.22. The standard InChI is InChI=1S/C17H19N5O2S/c1-20-11-18-10-14(20)16(23)21-5-7-22(8-6-21)17-19-13-4-3-12(24-2)9-15(13)25-17/h3-4,9-11H,5-8H2,1-2H3. The minimum Gasteiger partial charge on any atom is -0.497 e. The van der Waals surface area contributed by atoms with Crippen molar-refractivity contribution < 1.29 is 9.53 Å². The predicted molar refractivity (Wildman–Crippen MR) is 97.5 cm³/mol.